The summed E-state index contributed by atoms with van der Waals surface area (Å²) in [4.78, 5) is 1.48. The van der Waals surface area contributed by atoms with E-state index in [9.17, 15) is 8.42 Å². The molecule has 0 N–H and O–H groups in total. The third kappa shape index (κ3) is 7.09. The Kier molecular flexibility index (Phi) is 10.7. The van der Waals surface area contributed by atoms with E-state index in [0.29, 0.717) is 28.4 Å². The maximum Gasteiger partial charge on any atom is 0.339 e. The lowest BCUT2D eigenvalue weighted by Gasteiger charge is -2.32. The Balaban J connectivity index is 1.66. The zero-order chi connectivity index (χ0) is 29.9. The van der Waals surface area contributed by atoms with Gasteiger partial charge in [-0.2, -0.15) is 8.42 Å². The summed E-state index contributed by atoms with van der Waals surface area (Å²) < 4.78 is 35.6. The lowest BCUT2D eigenvalue weighted by molar-refractivity contribution is 0.414. The first-order chi connectivity index (χ1) is 20.2. The minimum Gasteiger partial charge on any atom is -0.379 e. The summed E-state index contributed by atoms with van der Waals surface area (Å²) in [5, 5.41) is 0. The Hall–Kier alpha value is -1.46. The van der Waals surface area contributed by atoms with Crippen molar-refractivity contribution >= 4 is 22.7 Å². The molecule has 3 aliphatic rings. The molecule has 42 heavy (non-hydrogen) atoms. The van der Waals surface area contributed by atoms with Crippen molar-refractivity contribution in [2.75, 3.05) is 0 Å². The number of hydrogen-bond donors (Lipinski definition) is 1. The van der Waals surface area contributed by atoms with E-state index in [1.165, 1.54) is 76.2 Å². The van der Waals surface area contributed by atoms with Crippen LogP contribution in [0.25, 0.3) is 0 Å². The molecule has 2 aromatic rings. The van der Waals surface area contributed by atoms with Gasteiger partial charge < -0.3 is 4.18 Å². The maximum absolute atomic E-state index is 14.7. The van der Waals surface area contributed by atoms with E-state index in [0.717, 1.165) is 59.3 Å². The molecule has 0 bridgehead atoms. The smallest absolute Gasteiger partial charge is 0.339 e. The molecule has 0 spiro atoms. The second-order valence-electron chi connectivity index (χ2n) is 14.0. The van der Waals surface area contributed by atoms with Crippen LogP contribution in [0, 0.1) is 0 Å². The molecule has 3 saturated carbocycles. The summed E-state index contributed by atoms with van der Waals surface area (Å²) in [6.07, 6.45) is 18.8. The molecular weight excluding hydrogens is 557 g/mol. The topological polar surface area (TPSA) is 43.4 Å². The SMILES string of the molecule is CCC(C)c1cc(OS(=O)(=O)c2c(C3CCCCC3)cc(C3CCCCC3)cc2C2CCCCC2)cc(C(C)C)c1S. The van der Waals surface area contributed by atoms with E-state index in [4.69, 9.17) is 16.8 Å². The summed E-state index contributed by atoms with van der Waals surface area (Å²) in [6.45, 7) is 8.63. The summed E-state index contributed by atoms with van der Waals surface area (Å²) >= 11 is 4.90. The Bertz CT molecular complexity index is 1270. The largest absolute Gasteiger partial charge is 0.379 e. The second kappa shape index (κ2) is 14.1. The van der Waals surface area contributed by atoms with Gasteiger partial charge in [-0.05, 0) is 114 Å². The van der Waals surface area contributed by atoms with E-state index in [2.05, 4.69) is 39.8 Å². The minimum absolute atomic E-state index is 0.219. The number of rotatable bonds is 9. The van der Waals surface area contributed by atoms with Crippen LogP contribution < -0.4 is 4.18 Å². The average Bonchev–Trinajstić information content (AvgIpc) is 3.01. The van der Waals surface area contributed by atoms with Crippen molar-refractivity contribution in [2.45, 2.75) is 170 Å². The zero-order valence-corrected chi connectivity index (χ0v) is 28.3. The molecule has 3 fully saturated rings. The van der Waals surface area contributed by atoms with Crippen molar-refractivity contribution in [1.82, 2.24) is 0 Å². The molecule has 3 nitrogen and oxygen atoms in total. The summed E-state index contributed by atoms with van der Waals surface area (Å²) in [5.41, 5.74) is 5.65. The van der Waals surface area contributed by atoms with Gasteiger partial charge in [0.05, 0.1) is 0 Å². The molecular formula is C37H54O3S2. The Morgan fingerprint density at radius 2 is 1.17 bits per heavy atom. The van der Waals surface area contributed by atoms with E-state index in [1.54, 1.807) is 0 Å². The van der Waals surface area contributed by atoms with Gasteiger partial charge in [-0.15, -0.1) is 12.6 Å². The van der Waals surface area contributed by atoms with Gasteiger partial charge in [-0.3, -0.25) is 0 Å². The second-order valence-corrected chi connectivity index (χ2v) is 15.9. The van der Waals surface area contributed by atoms with Gasteiger partial charge in [-0.1, -0.05) is 97.6 Å². The first-order valence-corrected chi connectivity index (χ1v) is 19.0. The van der Waals surface area contributed by atoms with Crippen LogP contribution in [0.1, 0.15) is 188 Å². The van der Waals surface area contributed by atoms with Crippen LogP contribution in [0.3, 0.4) is 0 Å². The third-order valence-corrected chi connectivity index (χ3v) is 12.6. The molecule has 0 heterocycles. The molecule has 5 rings (SSSR count). The summed E-state index contributed by atoms with van der Waals surface area (Å²) in [6, 6.07) is 8.52. The first-order valence-electron chi connectivity index (χ1n) is 17.2. The van der Waals surface area contributed by atoms with Crippen LogP contribution >= 0.6 is 12.6 Å². The fraction of sp³-hybridized carbons (Fsp3) is 0.676. The standard InChI is InChI=1S/C37H54O3S2/c1-5-26(4)33-24-31(23-32(25(2)3)36(33)41)40-42(38,39)37-34(28-17-11-7-12-18-28)21-30(27-15-9-6-10-16-27)22-35(37)29-19-13-8-14-20-29/h21-29,41H,5-20H2,1-4H3. The minimum atomic E-state index is -4.05. The van der Waals surface area contributed by atoms with Gasteiger partial charge >= 0.3 is 10.1 Å². The van der Waals surface area contributed by atoms with Crippen molar-refractivity contribution in [1.29, 1.82) is 0 Å². The molecule has 5 heteroatoms. The lowest BCUT2D eigenvalue weighted by Crippen LogP contribution is -2.21. The number of hydrogen-bond acceptors (Lipinski definition) is 4. The molecule has 0 saturated heterocycles. The number of thiol groups is 1. The van der Waals surface area contributed by atoms with Gasteiger partial charge in [-0.25, -0.2) is 0 Å². The summed E-state index contributed by atoms with van der Waals surface area (Å²) in [7, 11) is -4.05. The predicted molar refractivity (Wildman–Crippen MR) is 178 cm³/mol. The molecule has 2 aromatic carbocycles. The van der Waals surface area contributed by atoms with Crippen LogP contribution in [-0.2, 0) is 10.1 Å². The maximum atomic E-state index is 14.7. The first kappa shape index (κ1) is 31.9. The monoisotopic (exact) mass is 610 g/mol. The van der Waals surface area contributed by atoms with Crippen LogP contribution in [0.5, 0.6) is 5.75 Å². The van der Waals surface area contributed by atoms with Crippen LogP contribution in [-0.4, -0.2) is 8.42 Å². The Morgan fingerprint density at radius 1 is 0.714 bits per heavy atom. The molecule has 0 amide bonds. The average molecular weight is 611 g/mol. The Labute approximate surface area is 262 Å². The van der Waals surface area contributed by atoms with Crippen molar-refractivity contribution in [3.8, 4) is 5.75 Å². The van der Waals surface area contributed by atoms with Gasteiger partial charge in [0.1, 0.15) is 10.6 Å². The van der Waals surface area contributed by atoms with Crippen molar-refractivity contribution in [3.63, 3.8) is 0 Å². The molecule has 3 aliphatic carbocycles. The normalized spacial score (nSPS) is 20.6. The van der Waals surface area contributed by atoms with Crippen molar-refractivity contribution in [3.05, 3.63) is 52.1 Å². The van der Waals surface area contributed by atoms with Crippen LogP contribution in [0.15, 0.2) is 34.1 Å². The van der Waals surface area contributed by atoms with Gasteiger partial charge in [0, 0.05) is 4.90 Å². The van der Waals surface area contributed by atoms with Crippen LogP contribution in [0.2, 0.25) is 0 Å². The molecule has 1 unspecified atom stereocenters. The molecule has 0 aromatic heterocycles. The van der Waals surface area contributed by atoms with E-state index in [1.807, 2.05) is 12.1 Å². The van der Waals surface area contributed by atoms with Gasteiger partial charge in [0.2, 0.25) is 0 Å². The number of benzene rings is 2. The highest BCUT2D eigenvalue weighted by atomic mass is 32.2. The van der Waals surface area contributed by atoms with E-state index >= 15 is 0 Å². The Morgan fingerprint density at radius 3 is 1.62 bits per heavy atom. The fourth-order valence-corrected chi connectivity index (χ4v) is 10.1. The molecule has 0 aliphatic heterocycles. The van der Waals surface area contributed by atoms with Gasteiger partial charge in [0.15, 0.2) is 0 Å². The molecule has 1 atom stereocenters. The molecule has 0 radical (unpaired) electrons. The third-order valence-electron chi connectivity index (χ3n) is 10.7. The van der Waals surface area contributed by atoms with E-state index in [-0.39, 0.29) is 11.8 Å². The zero-order valence-electron chi connectivity index (χ0n) is 26.6. The van der Waals surface area contributed by atoms with Crippen molar-refractivity contribution in [2.24, 2.45) is 0 Å². The molecule has 232 valence electrons. The predicted octanol–water partition coefficient (Wildman–Crippen LogP) is 11.5. The lowest BCUT2D eigenvalue weighted by atomic mass is 9.76. The van der Waals surface area contributed by atoms with Gasteiger partial charge in [0.25, 0.3) is 0 Å². The quantitative estimate of drug-likeness (QED) is 0.227. The van der Waals surface area contributed by atoms with E-state index < -0.39 is 10.1 Å². The fourth-order valence-electron chi connectivity index (χ4n) is 8.00. The van der Waals surface area contributed by atoms with Crippen LogP contribution in [0.4, 0.5) is 0 Å². The van der Waals surface area contributed by atoms with Crippen molar-refractivity contribution < 1.29 is 12.6 Å². The highest BCUT2D eigenvalue weighted by molar-refractivity contribution is 7.87. The highest BCUT2D eigenvalue weighted by Crippen LogP contribution is 2.46. The highest BCUT2D eigenvalue weighted by Gasteiger charge is 2.35. The summed E-state index contributed by atoms with van der Waals surface area (Å²) in [5.74, 6) is 2.06.